The fraction of sp³-hybridized carbons (Fsp3) is 0.200. The van der Waals surface area contributed by atoms with Crippen LogP contribution in [0.25, 0.3) is 0 Å². The third kappa shape index (κ3) is 3.18. The molecule has 0 fully saturated rings. The molecule has 3 N–H and O–H groups in total. The molecule has 0 saturated carbocycles. The highest BCUT2D eigenvalue weighted by atomic mass is 35.5. The number of ether oxygens (including phenoxy) is 1. The van der Waals surface area contributed by atoms with Gasteiger partial charge in [-0.05, 0) is 29.8 Å². The molecule has 0 radical (unpaired) electrons. The molecule has 0 spiro atoms. The van der Waals surface area contributed by atoms with Gasteiger partial charge in [0.05, 0.1) is 18.9 Å². The summed E-state index contributed by atoms with van der Waals surface area (Å²) in [6.07, 6.45) is -0.447. The number of para-hydroxylation sites is 1. The first-order valence-corrected chi connectivity index (χ1v) is 6.83. The predicted molar refractivity (Wildman–Crippen MR) is 82.5 cm³/mol. The van der Waals surface area contributed by atoms with Crippen LogP contribution >= 0.6 is 23.2 Å². The van der Waals surface area contributed by atoms with Crippen LogP contribution in [0.3, 0.4) is 0 Å². The normalized spacial score (nSPS) is 12.2. The summed E-state index contributed by atoms with van der Waals surface area (Å²) in [4.78, 5) is 0. The lowest BCUT2D eigenvalue weighted by molar-refractivity contribution is 0.179. The van der Waals surface area contributed by atoms with E-state index in [1.165, 1.54) is 7.11 Å². The summed E-state index contributed by atoms with van der Waals surface area (Å²) >= 11 is 12.0. The summed E-state index contributed by atoms with van der Waals surface area (Å²) in [5.41, 5.74) is 7.79. The first kappa shape index (κ1) is 15.0. The second kappa shape index (κ2) is 6.35. The van der Waals surface area contributed by atoms with Crippen molar-refractivity contribution in [3.05, 3.63) is 57.6 Å². The third-order valence-electron chi connectivity index (χ3n) is 3.10. The molecule has 0 aromatic heterocycles. The molecule has 2 aromatic rings. The van der Waals surface area contributed by atoms with Crippen molar-refractivity contribution in [2.24, 2.45) is 0 Å². The Balaban J connectivity index is 2.28. The minimum absolute atomic E-state index is 0.330. The lowest BCUT2D eigenvalue weighted by atomic mass is 9.99. The van der Waals surface area contributed by atoms with Gasteiger partial charge in [-0.25, -0.2) is 0 Å². The van der Waals surface area contributed by atoms with Crippen molar-refractivity contribution in [2.45, 2.75) is 12.5 Å². The Labute approximate surface area is 127 Å². The van der Waals surface area contributed by atoms with E-state index in [1.54, 1.807) is 36.4 Å². The standard InChI is InChI=1S/C15H15Cl2NO2/c1-20-14-4-2-3-11(15(14)18)13(19)8-9-7-10(16)5-6-12(9)17/h2-7,13,19H,8,18H2,1H3. The molecule has 2 rings (SSSR count). The summed E-state index contributed by atoms with van der Waals surface area (Å²) in [7, 11) is 1.54. The van der Waals surface area contributed by atoms with Crippen LogP contribution in [0.4, 0.5) is 5.69 Å². The van der Waals surface area contributed by atoms with Crippen LogP contribution in [0, 0.1) is 0 Å². The van der Waals surface area contributed by atoms with Crippen LogP contribution < -0.4 is 10.5 Å². The monoisotopic (exact) mass is 311 g/mol. The zero-order valence-corrected chi connectivity index (χ0v) is 12.4. The van der Waals surface area contributed by atoms with Crippen molar-refractivity contribution in [3.63, 3.8) is 0 Å². The Hall–Kier alpha value is -1.42. The van der Waals surface area contributed by atoms with E-state index in [4.69, 9.17) is 33.7 Å². The average Bonchev–Trinajstić information content (AvgIpc) is 2.43. The van der Waals surface area contributed by atoms with E-state index in [9.17, 15) is 5.11 Å². The minimum atomic E-state index is -0.777. The van der Waals surface area contributed by atoms with Gasteiger partial charge in [0.1, 0.15) is 5.75 Å². The number of hydrogen-bond acceptors (Lipinski definition) is 3. The van der Waals surface area contributed by atoms with Gasteiger partial charge in [-0.1, -0.05) is 35.3 Å². The molecule has 1 atom stereocenters. The fourth-order valence-corrected chi connectivity index (χ4v) is 2.44. The Morgan fingerprint density at radius 3 is 2.70 bits per heavy atom. The maximum atomic E-state index is 10.4. The van der Waals surface area contributed by atoms with Crippen molar-refractivity contribution in [1.29, 1.82) is 0 Å². The molecule has 0 aliphatic rings. The topological polar surface area (TPSA) is 55.5 Å². The highest BCUT2D eigenvalue weighted by molar-refractivity contribution is 6.33. The molecule has 5 heteroatoms. The minimum Gasteiger partial charge on any atom is -0.495 e. The van der Waals surface area contributed by atoms with Crippen LogP contribution in [0.5, 0.6) is 5.75 Å². The Bertz CT molecular complexity index is 617. The van der Waals surface area contributed by atoms with Gasteiger partial charge in [0.2, 0.25) is 0 Å². The van der Waals surface area contributed by atoms with Gasteiger partial charge in [0.25, 0.3) is 0 Å². The number of anilines is 1. The highest BCUT2D eigenvalue weighted by Gasteiger charge is 2.16. The van der Waals surface area contributed by atoms with E-state index in [0.717, 1.165) is 5.56 Å². The lowest BCUT2D eigenvalue weighted by Gasteiger charge is -2.16. The Kier molecular flexibility index (Phi) is 4.76. The van der Waals surface area contributed by atoms with Gasteiger partial charge in [-0.3, -0.25) is 0 Å². The summed E-state index contributed by atoms with van der Waals surface area (Å²) in [6, 6.07) is 10.5. The molecule has 2 aromatic carbocycles. The van der Waals surface area contributed by atoms with E-state index in [0.29, 0.717) is 33.5 Å². The third-order valence-corrected chi connectivity index (χ3v) is 3.70. The van der Waals surface area contributed by atoms with Crippen LogP contribution in [-0.4, -0.2) is 12.2 Å². The van der Waals surface area contributed by atoms with Crippen molar-refractivity contribution < 1.29 is 9.84 Å². The van der Waals surface area contributed by atoms with Gasteiger partial charge < -0.3 is 15.6 Å². The molecule has 0 aliphatic heterocycles. The molecular weight excluding hydrogens is 297 g/mol. The Morgan fingerprint density at radius 2 is 2.00 bits per heavy atom. The maximum absolute atomic E-state index is 10.4. The number of nitrogens with two attached hydrogens (primary N) is 1. The molecular formula is C15H15Cl2NO2. The van der Waals surface area contributed by atoms with E-state index in [2.05, 4.69) is 0 Å². The summed E-state index contributed by atoms with van der Waals surface area (Å²) in [6.45, 7) is 0. The molecule has 0 bridgehead atoms. The second-order valence-corrected chi connectivity index (χ2v) is 5.26. The second-order valence-electron chi connectivity index (χ2n) is 4.42. The average molecular weight is 312 g/mol. The van der Waals surface area contributed by atoms with Gasteiger partial charge in [0.15, 0.2) is 0 Å². The molecule has 3 nitrogen and oxygen atoms in total. The van der Waals surface area contributed by atoms with Crippen molar-refractivity contribution >= 4 is 28.9 Å². The van der Waals surface area contributed by atoms with Gasteiger partial charge >= 0.3 is 0 Å². The molecule has 20 heavy (non-hydrogen) atoms. The first-order valence-electron chi connectivity index (χ1n) is 6.07. The first-order chi connectivity index (χ1) is 9.52. The lowest BCUT2D eigenvalue weighted by Crippen LogP contribution is -2.07. The molecule has 0 aliphatic carbocycles. The molecule has 1 unspecified atom stereocenters. The van der Waals surface area contributed by atoms with Crippen LogP contribution in [0.2, 0.25) is 10.0 Å². The smallest absolute Gasteiger partial charge is 0.142 e. The van der Waals surface area contributed by atoms with E-state index < -0.39 is 6.10 Å². The largest absolute Gasteiger partial charge is 0.495 e. The number of aliphatic hydroxyl groups excluding tert-OH is 1. The van der Waals surface area contributed by atoms with Crippen molar-refractivity contribution in [3.8, 4) is 5.75 Å². The van der Waals surface area contributed by atoms with Crippen molar-refractivity contribution in [1.82, 2.24) is 0 Å². The molecule has 0 heterocycles. The summed E-state index contributed by atoms with van der Waals surface area (Å²) < 4.78 is 5.15. The SMILES string of the molecule is COc1cccc(C(O)Cc2cc(Cl)ccc2Cl)c1N. The van der Waals surface area contributed by atoms with E-state index in [1.807, 2.05) is 0 Å². The van der Waals surface area contributed by atoms with E-state index in [-0.39, 0.29) is 0 Å². The maximum Gasteiger partial charge on any atom is 0.142 e. The van der Waals surface area contributed by atoms with E-state index >= 15 is 0 Å². The zero-order valence-electron chi connectivity index (χ0n) is 10.9. The molecule has 0 saturated heterocycles. The number of benzene rings is 2. The number of methoxy groups -OCH3 is 1. The molecule has 0 amide bonds. The number of halogens is 2. The quantitative estimate of drug-likeness (QED) is 0.843. The highest BCUT2D eigenvalue weighted by Crippen LogP contribution is 2.32. The summed E-state index contributed by atoms with van der Waals surface area (Å²) in [5, 5.41) is 11.5. The predicted octanol–water partition coefficient (Wildman–Crippen LogP) is 3.86. The van der Waals surface area contributed by atoms with Gasteiger partial charge in [0, 0.05) is 22.0 Å². The number of hydrogen-bond donors (Lipinski definition) is 2. The van der Waals surface area contributed by atoms with Crippen molar-refractivity contribution in [2.75, 3.05) is 12.8 Å². The number of nitrogen functional groups attached to an aromatic ring is 1. The van der Waals surface area contributed by atoms with Crippen LogP contribution in [-0.2, 0) is 6.42 Å². The van der Waals surface area contributed by atoms with Gasteiger partial charge in [-0.2, -0.15) is 0 Å². The Morgan fingerprint density at radius 1 is 1.25 bits per heavy atom. The number of aliphatic hydroxyl groups is 1. The van der Waals surface area contributed by atoms with Crippen LogP contribution in [0.15, 0.2) is 36.4 Å². The zero-order chi connectivity index (χ0) is 14.7. The number of rotatable bonds is 4. The van der Waals surface area contributed by atoms with Gasteiger partial charge in [-0.15, -0.1) is 0 Å². The summed E-state index contributed by atoms with van der Waals surface area (Å²) in [5.74, 6) is 0.541. The fourth-order valence-electron chi connectivity index (χ4n) is 2.05. The van der Waals surface area contributed by atoms with Crippen LogP contribution in [0.1, 0.15) is 17.2 Å². The molecule has 106 valence electrons.